The zero-order chi connectivity index (χ0) is 30.7. The summed E-state index contributed by atoms with van der Waals surface area (Å²) in [5.74, 6) is 0.707. The number of halogens is 1. The van der Waals surface area contributed by atoms with Crippen molar-refractivity contribution in [3.8, 4) is 11.5 Å². The number of rotatable bonds is 9. The van der Waals surface area contributed by atoms with Gasteiger partial charge in [-0.2, -0.15) is 0 Å². The Labute approximate surface area is 258 Å². The van der Waals surface area contributed by atoms with Gasteiger partial charge in [-0.25, -0.2) is 9.79 Å². The van der Waals surface area contributed by atoms with E-state index in [4.69, 9.17) is 14.2 Å². The highest BCUT2D eigenvalue weighted by Crippen LogP contribution is 2.32. The standard InChI is InChI=1S/C31H26BrN3O7S/c1-4-41-30(37)27-18(2)33-31-34(28(27)21-8-12-23(40-3)13-9-21)29(36)26(43-31)16-20-7-14-25(24(32)15-20)42-17-19-5-10-22(11-6-19)35(38)39/h5-16,28H,4,17H2,1-3H3/b26-16-/t28-/m0/s1. The number of methoxy groups -OCH3 is 1. The molecule has 5 rings (SSSR count). The van der Waals surface area contributed by atoms with Gasteiger partial charge >= 0.3 is 5.97 Å². The van der Waals surface area contributed by atoms with Crippen LogP contribution in [0, 0.1) is 10.1 Å². The monoisotopic (exact) mass is 663 g/mol. The fourth-order valence-corrected chi connectivity index (χ4v) is 6.20. The van der Waals surface area contributed by atoms with E-state index in [1.54, 1.807) is 57.4 Å². The first-order chi connectivity index (χ1) is 20.7. The number of hydrogen-bond acceptors (Lipinski definition) is 9. The molecule has 10 nitrogen and oxygen atoms in total. The molecule has 0 aliphatic carbocycles. The second-order valence-electron chi connectivity index (χ2n) is 9.48. The van der Waals surface area contributed by atoms with Crippen LogP contribution in [-0.2, 0) is 16.1 Å². The quantitative estimate of drug-likeness (QED) is 0.139. The first-order valence-corrected chi connectivity index (χ1v) is 14.8. The summed E-state index contributed by atoms with van der Waals surface area (Å²) in [4.78, 5) is 42.4. The average molecular weight is 665 g/mol. The van der Waals surface area contributed by atoms with Crippen molar-refractivity contribution in [3.05, 3.63) is 129 Å². The molecule has 0 saturated carbocycles. The summed E-state index contributed by atoms with van der Waals surface area (Å²) in [6, 6.07) is 18.1. The molecule has 1 atom stereocenters. The molecule has 12 heteroatoms. The number of fused-ring (bicyclic) bond motifs is 1. The number of aromatic nitrogens is 1. The number of thiazole rings is 1. The van der Waals surface area contributed by atoms with Crippen LogP contribution in [0.2, 0.25) is 0 Å². The van der Waals surface area contributed by atoms with Gasteiger partial charge < -0.3 is 14.2 Å². The molecule has 0 radical (unpaired) electrons. The Bertz CT molecular complexity index is 1910. The number of ether oxygens (including phenoxy) is 3. The minimum atomic E-state index is -0.717. The number of non-ortho nitro benzene ring substituents is 1. The Kier molecular flexibility index (Phi) is 8.88. The van der Waals surface area contributed by atoms with Crippen LogP contribution in [0.1, 0.15) is 36.6 Å². The van der Waals surface area contributed by atoms with Gasteiger partial charge in [0.2, 0.25) is 0 Å². The molecular formula is C31H26BrN3O7S. The molecule has 0 unspecified atom stereocenters. The van der Waals surface area contributed by atoms with Gasteiger partial charge in [0.15, 0.2) is 4.80 Å². The lowest BCUT2D eigenvalue weighted by atomic mass is 9.96. The summed E-state index contributed by atoms with van der Waals surface area (Å²) in [6.45, 7) is 3.89. The SMILES string of the molecule is CCOC(=O)C1=C(C)N=c2s/c(=C\c3ccc(OCc4ccc([N+](=O)[O-])cc4)c(Br)c3)c(=O)n2[C@H]1c1ccc(OC)cc1. The summed E-state index contributed by atoms with van der Waals surface area (Å²) in [5, 5.41) is 10.9. The van der Waals surface area contributed by atoms with Crippen LogP contribution in [0.3, 0.4) is 0 Å². The largest absolute Gasteiger partial charge is 0.497 e. The van der Waals surface area contributed by atoms with Crippen LogP contribution in [0.15, 0.2) is 92.3 Å². The molecule has 1 aliphatic heterocycles. The van der Waals surface area contributed by atoms with Crippen LogP contribution < -0.4 is 24.4 Å². The first-order valence-electron chi connectivity index (χ1n) is 13.2. The molecule has 0 bridgehead atoms. The van der Waals surface area contributed by atoms with E-state index in [2.05, 4.69) is 20.9 Å². The average Bonchev–Trinajstić information content (AvgIpc) is 3.30. The second-order valence-corrected chi connectivity index (χ2v) is 11.3. The fraction of sp³-hybridized carbons (Fsp3) is 0.194. The van der Waals surface area contributed by atoms with Gasteiger partial charge in [0.25, 0.3) is 11.2 Å². The third-order valence-electron chi connectivity index (χ3n) is 6.74. The molecule has 0 fully saturated rings. The highest BCUT2D eigenvalue weighted by molar-refractivity contribution is 9.10. The number of hydrogen-bond donors (Lipinski definition) is 0. The van der Waals surface area contributed by atoms with Crippen molar-refractivity contribution in [3.63, 3.8) is 0 Å². The molecular weight excluding hydrogens is 638 g/mol. The topological polar surface area (TPSA) is 122 Å². The van der Waals surface area contributed by atoms with Crippen molar-refractivity contribution in [1.82, 2.24) is 4.57 Å². The van der Waals surface area contributed by atoms with Crippen LogP contribution in [0.4, 0.5) is 5.69 Å². The lowest BCUT2D eigenvalue weighted by molar-refractivity contribution is -0.384. The van der Waals surface area contributed by atoms with E-state index in [9.17, 15) is 19.7 Å². The number of nitro groups is 1. The third kappa shape index (κ3) is 6.30. The van der Waals surface area contributed by atoms with Crippen LogP contribution in [-0.4, -0.2) is 29.2 Å². The molecule has 220 valence electrons. The minimum absolute atomic E-state index is 0.0159. The van der Waals surface area contributed by atoms with Crippen molar-refractivity contribution in [1.29, 1.82) is 0 Å². The van der Waals surface area contributed by atoms with E-state index in [0.717, 1.165) is 16.7 Å². The predicted molar refractivity (Wildman–Crippen MR) is 165 cm³/mol. The number of allylic oxidation sites excluding steroid dienone is 1. The molecule has 0 N–H and O–H groups in total. The second kappa shape index (κ2) is 12.8. The molecule has 1 aromatic heterocycles. The van der Waals surface area contributed by atoms with Crippen molar-refractivity contribution < 1.29 is 23.9 Å². The number of esters is 1. The van der Waals surface area contributed by atoms with E-state index >= 15 is 0 Å². The Morgan fingerprint density at radius 2 is 1.86 bits per heavy atom. The number of benzene rings is 3. The van der Waals surface area contributed by atoms with E-state index < -0.39 is 16.9 Å². The maximum Gasteiger partial charge on any atom is 0.338 e. The van der Waals surface area contributed by atoms with Crippen molar-refractivity contribution >= 4 is 45.0 Å². The highest BCUT2D eigenvalue weighted by Gasteiger charge is 2.33. The van der Waals surface area contributed by atoms with E-state index in [1.807, 2.05) is 24.3 Å². The van der Waals surface area contributed by atoms with Crippen LogP contribution >= 0.6 is 27.3 Å². The Balaban J connectivity index is 1.48. The van der Waals surface area contributed by atoms with Crippen LogP contribution in [0.25, 0.3) is 6.08 Å². The zero-order valence-corrected chi connectivity index (χ0v) is 25.8. The summed E-state index contributed by atoms with van der Waals surface area (Å²) >= 11 is 4.77. The van der Waals surface area contributed by atoms with Gasteiger partial charge in [0, 0.05) is 12.1 Å². The van der Waals surface area contributed by atoms with Crippen molar-refractivity contribution in [2.24, 2.45) is 4.99 Å². The van der Waals surface area contributed by atoms with Gasteiger partial charge in [-0.1, -0.05) is 29.5 Å². The lowest BCUT2D eigenvalue weighted by Crippen LogP contribution is -2.39. The van der Waals surface area contributed by atoms with E-state index in [-0.39, 0.29) is 24.5 Å². The zero-order valence-electron chi connectivity index (χ0n) is 23.4. The first kappa shape index (κ1) is 29.9. The molecule has 0 amide bonds. The molecule has 2 heterocycles. The van der Waals surface area contributed by atoms with Crippen LogP contribution in [0.5, 0.6) is 11.5 Å². The van der Waals surface area contributed by atoms with Gasteiger partial charge in [0.1, 0.15) is 18.1 Å². The predicted octanol–water partition coefficient (Wildman–Crippen LogP) is 5.06. The maximum atomic E-state index is 13.8. The summed E-state index contributed by atoms with van der Waals surface area (Å²) in [6.07, 6.45) is 1.77. The summed E-state index contributed by atoms with van der Waals surface area (Å²) < 4.78 is 19.2. The summed E-state index contributed by atoms with van der Waals surface area (Å²) in [7, 11) is 1.57. The Morgan fingerprint density at radius 3 is 2.49 bits per heavy atom. The number of nitrogens with zero attached hydrogens (tertiary/aromatic N) is 3. The molecule has 1 aliphatic rings. The molecule has 4 aromatic rings. The summed E-state index contributed by atoms with van der Waals surface area (Å²) in [5.41, 5.74) is 2.79. The van der Waals surface area contributed by atoms with Crippen molar-refractivity contribution in [2.75, 3.05) is 13.7 Å². The van der Waals surface area contributed by atoms with Gasteiger partial charge in [-0.15, -0.1) is 0 Å². The van der Waals surface area contributed by atoms with Crippen molar-refractivity contribution in [2.45, 2.75) is 26.5 Å². The number of carbonyl (C=O) groups is 1. The normalized spacial score (nSPS) is 14.6. The minimum Gasteiger partial charge on any atom is -0.497 e. The maximum absolute atomic E-state index is 13.8. The van der Waals surface area contributed by atoms with E-state index in [0.29, 0.717) is 36.6 Å². The highest BCUT2D eigenvalue weighted by atomic mass is 79.9. The molecule has 0 saturated heterocycles. The Morgan fingerprint density at radius 1 is 1.14 bits per heavy atom. The smallest absolute Gasteiger partial charge is 0.338 e. The molecule has 0 spiro atoms. The third-order valence-corrected chi connectivity index (χ3v) is 8.35. The van der Waals surface area contributed by atoms with Gasteiger partial charge in [0.05, 0.1) is 45.0 Å². The molecule has 3 aromatic carbocycles. The Hall–Kier alpha value is -4.55. The van der Waals surface area contributed by atoms with Gasteiger partial charge in [-0.05, 0) is 88.9 Å². The lowest BCUT2D eigenvalue weighted by Gasteiger charge is -2.24. The van der Waals surface area contributed by atoms with Gasteiger partial charge in [-0.3, -0.25) is 19.5 Å². The van der Waals surface area contributed by atoms with E-state index in [1.165, 1.54) is 28.0 Å². The fourth-order valence-electron chi connectivity index (χ4n) is 4.64. The molecule has 43 heavy (non-hydrogen) atoms. The number of carbonyl (C=O) groups excluding carboxylic acids is 1. The number of nitro benzene ring substituents is 1.